The monoisotopic (exact) mass is 391 g/mol. The molecule has 1 aromatic heterocycles. The molecule has 1 aliphatic heterocycles. The first-order valence-corrected chi connectivity index (χ1v) is 10.4. The summed E-state index contributed by atoms with van der Waals surface area (Å²) in [5.41, 5.74) is -0.556. The van der Waals surface area contributed by atoms with Gasteiger partial charge >= 0.3 is 6.09 Å². The second-order valence-electron chi connectivity index (χ2n) is 7.71. The Balaban J connectivity index is 1.64. The Morgan fingerprint density at radius 3 is 2.56 bits per heavy atom. The van der Waals surface area contributed by atoms with Gasteiger partial charge in [-0.1, -0.05) is 6.07 Å². The zero-order valence-electron chi connectivity index (χ0n) is 15.8. The molecule has 146 valence electrons. The average molecular weight is 391 g/mol. The summed E-state index contributed by atoms with van der Waals surface area (Å²) in [4.78, 5) is 16.2. The van der Waals surface area contributed by atoms with Gasteiger partial charge in [-0.3, -0.25) is 4.98 Å². The number of piperidine rings is 1. The van der Waals surface area contributed by atoms with Crippen LogP contribution < -0.4 is 5.32 Å². The van der Waals surface area contributed by atoms with Crippen molar-refractivity contribution in [3.63, 3.8) is 0 Å². The van der Waals surface area contributed by atoms with E-state index in [9.17, 15) is 13.2 Å². The highest BCUT2D eigenvalue weighted by Crippen LogP contribution is 2.24. The molecule has 0 atom stereocenters. The molecule has 1 aromatic carbocycles. The standard InChI is InChI=1S/C19H25N3O4S/c1-19(2,3)26-18(23)21-16-7-10-22(11-8-16)27(24,25)17-5-4-15-13-20-9-6-14(15)12-17/h4-6,9,12-13,16H,7-8,10-11H2,1-3H3,(H,21,23). The van der Waals surface area contributed by atoms with Gasteiger partial charge in [-0.15, -0.1) is 0 Å². The van der Waals surface area contributed by atoms with Crippen molar-refractivity contribution < 1.29 is 17.9 Å². The number of aromatic nitrogens is 1. The van der Waals surface area contributed by atoms with Gasteiger partial charge in [0.25, 0.3) is 0 Å². The van der Waals surface area contributed by atoms with Crippen LogP contribution in [0, 0.1) is 0 Å². The van der Waals surface area contributed by atoms with Gasteiger partial charge in [-0.05, 0) is 57.2 Å². The number of nitrogens with zero attached hydrogens (tertiary/aromatic N) is 2. The number of benzene rings is 1. The van der Waals surface area contributed by atoms with Crippen LogP contribution in [0.4, 0.5) is 4.79 Å². The van der Waals surface area contributed by atoms with E-state index in [0.29, 0.717) is 25.9 Å². The normalized spacial score (nSPS) is 17.0. The van der Waals surface area contributed by atoms with E-state index >= 15 is 0 Å². The molecule has 0 aliphatic carbocycles. The van der Waals surface area contributed by atoms with Crippen molar-refractivity contribution in [1.29, 1.82) is 0 Å². The third-order valence-corrected chi connectivity index (χ3v) is 6.32. The van der Waals surface area contributed by atoms with Gasteiger partial charge in [-0.25, -0.2) is 13.2 Å². The highest BCUT2D eigenvalue weighted by Gasteiger charge is 2.30. The van der Waals surface area contributed by atoms with E-state index in [-0.39, 0.29) is 10.9 Å². The topological polar surface area (TPSA) is 88.6 Å². The molecular weight excluding hydrogens is 366 g/mol. The molecule has 0 unspecified atom stereocenters. The third-order valence-electron chi connectivity index (χ3n) is 4.42. The van der Waals surface area contributed by atoms with Crippen LogP contribution in [0.15, 0.2) is 41.6 Å². The van der Waals surface area contributed by atoms with Crippen molar-refractivity contribution in [2.75, 3.05) is 13.1 Å². The number of pyridine rings is 1. The minimum Gasteiger partial charge on any atom is -0.444 e. The van der Waals surface area contributed by atoms with Crippen LogP contribution in [-0.2, 0) is 14.8 Å². The van der Waals surface area contributed by atoms with E-state index in [4.69, 9.17) is 4.74 Å². The molecule has 2 heterocycles. The summed E-state index contributed by atoms with van der Waals surface area (Å²) in [5.74, 6) is 0. The zero-order chi connectivity index (χ0) is 19.7. The summed E-state index contributed by atoms with van der Waals surface area (Å²) >= 11 is 0. The van der Waals surface area contributed by atoms with Gasteiger partial charge in [-0.2, -0.15) is 4.31 Å². The molecule has 1 N–H and O–H groups in total. The molecule has 2 aromatic rings. The van der Waals surface area contributed by atoms with Gasteiger partial charge in [0.15, 0.2) is 0 Å². The van der Waals surface area contributed by atoms with Crippen LogP contribution in [0.25, 0.3) is 10.8 Å². The number of carbonyl (C=O) groups excluding carboxylic acids is 1. The van der Waals surface area contributed by atoms with E-state index in [1.165, 1.54) is 4.31 Å². The lowest BCUT2D eigenvalue weighted by Crippen LogP contribution is -2.47. The predicted molar refractivity (Wildman–Crippen MR) is 103 cm³/mol. The highest BCUT2D eigenvalue weighted by molar-refractivity contribution is 7.89. The number of ether oxygens (including phenoxy) is 1. The largest absolute Gasteiger partial charge is 0.444 e. The minimum atomic E-state index is -3.57. The van der Waals surface area contributed by atoms with Crippen LogP contribution in [0.5, 0.6) is 0 Å². The lowest BCUT2D eigenvalue weighted by Gasteiger charge is -2.32. The van der Waals surface area contributed by atoms with Crippen molar-refractivity contribution in [3.05, 3.63) is 36.7 Å². The Morgan fingerprint density at radius 2 is 1.89 bits per heavy atom. The molecule has 0 radical (unpaired) electrons. The van der Waals surface area contributed by atoms with Gasteiger partial charge in [0.1, 0.15) is 5.60 Å². The number of nitrogens with one attached hydrogen (secondary N) is 1. The lowest BCUT2D eigenvalue weighted by atomic mass is 10.1. The number of rotatable bonds is 3. The van der Waals surface area contributed by atoms with Crippen LogP contribution in [0.1, 0.15) is 33.6 Å². The second-order valence-corrected chi connectivity index (χ2v) is 9.65. The molecule has 3 rings (SSSR count). The molecule has 0 spiro atoms. The summed E-state index contributed by atoms with van der Waals surface area (Å²) < 4.78 is 32.6. The van der Waals surface area contributed by atoms with E-state index in [2.05, 4.69) is 10.3 Å². The maximum absolute atomic E-state index is 12.9. The molecule has 1 aliphatic rings. The molecule has 0 saturated carbocycles. The highest BCUT2D eigenvalue weighted by atomic mass is 32.2. The van der Waals surface area contributed by atoms with Crippen LogP contribution in [-0.4, -0.2) is 48.5 Å². The van der Waals surface area contributed by atoms with Gasteiger partial charge in [0.2, 0.25) is 10.0 Å². The number of hydrogen-bond donors (Lipinski definition) is 1. The SMILES string of the molecule is CC(C)(C)OC(=O)NC1CCN(S(=O)(=O)c2ccc3cnccc3c2)CC1. The fourth-order valence-corrected chi connectivity index (χ4v) is 4.59. The van der Waals surface area contributed by atoms with E-state index in [0.717, 1.165) is 10.8 Å². The van der Waals surface area contributed by atoms with Crippen LogP contribution in [0.2, 0.25) is 0 Å². The van der Waals surface area contributed by atoms with Crippen LogP contribution >= 0.6 is 0 Å². The number of carbonyl (C=O) groups is 1. The van der Waals surface area contributed by atoms with E-state index in [1.54, 1.807) is 57.4 Å². The summed E-state index contributed by atoms with van der Waals surface area (Å²) in [6.45, 7) is 6.14. The Kier molecular flexibility index (Phi) is 5.39. The molecule has 0 bridgehead atoms. The number of alkyl carbamates (subject to hydrolysis) is 1. The zero-order valence-corrected chi connectivity index (χ0v) is 16.6. The number of hydrogen-bond acceptors (Lipinski definition) is 5. The van der Waals surface area contributed by atoms with E-state index < -0.39 is 21.7 Å². The maximum Gasteiger partial charge on any atom is 0.407 e. The van der Waals surface area contributed by atoms with Gasteiger partial charge in [0, 0.05) is 36.9 Å². The molecule has 7 nitrogen and oxygen atoms in total. The quantitative estimate of drug-likeness (QED) is 0.869. The van der Waals surface area contributed by atoms with Crippen molar-refractivity contribution in [1.82, 2.24) is 14.6 Å². The summed E-state index contributed by atoms with van der Waals surface area (Å²) in [6, 6.07) is 6.77. The Hall–Kier alpha value is -2.19. The average Bonchev–Trinajstić information content (AvgIpc) is 2.60. The Bertz CT molecular complexity index is 929. The number of sulfonamides is 1. The van der Waals surface area contributed by atoms with Crippen molar-refractivity contribution >= 4 is 26.9 Å². The smallest absolute Gasteiger partial charge is 0.407 e. The summed E-state index contributed by atoms with van der Waals surface area (Å²) in [7, 11) is -3.57. The lowest BCUT2D eigenvalue weighted by molar-refractivity contribution is 0.0489. The molecule has 1 amide bonds. The molecule has 27 heavy (non-hydrogen) atoms. The van der Waals surface area contributed by atoms with Crippen molar-refractivity contribution in [3.8, 4) is 0 Å². The fourth-order valence-electron chi connectivity index (χ4n) is 3.09. The first-order chi connectivity index (χ1) is 12.6. The summed E-state index contributed by atoms with van der Waals surface area (Å²) in [6.07, 6.45) is 3.99. The third kappa shape index (κ3) is 4.75. The second kappa shape index (κ2) is 7.44. The fraction of sp³-hybridized carbons (Fsp3) is 0.474. The van der Waals surface area contributed by atoms with Crippen molar-refractivity contribution in [2.24, 2.45) is 0 Å². The first-order valence-electron chi connectivity index (χ1n) is 8.99. The number of amides is 1. The van der Waals surface area contributed by atoms with Gasteiger partial charge in [0.05, 0.1) is 4.90 Å². The first kappa shape index (κ1) is 19.6. The molecule has 1 fully saturated rings. The number of fused-ring (bicyclic) bond motifs is 1. The molecule has 8 heteroatoms. The van der Waals surface area contributed by atoms with E-state index in [1.807, 2.05) is 0 Å². The van der Waals surface area contributed by atoms with Crippen LogP contribution in [0.3, 0.4) is 0 Å². The van der Waals surface area contributed by atoms with Gasteiger partial charge < -0.3 is 10.1 Å². The van der Waals surface area contributed by atoms with Crippen molar-refractivity contribution in [2.45, 2.75) is 50.2 Å². The molecular formula is C19H25N3O4S. The predicted octanol–water partition coefficient (Wildman–Crippen LogP) is 2.91. The Labute approximate surface area is 159 Å². The Morgan fingerprint density at radius 1 is 1.19 bits per heavy atom. The maximum atomic E-state index is 12.9. The molecule has 1 saturated heterocycles. The minimum absolute atomic E-state index is 0.0889. The summed E-state index contributed by atoms with van der Waals surface area (Å²) in [5, 5.41) is 4.56.